The third-order valence-corrected chi connectivity index (χ3v) is 4.39. The van der Waals surface area contributed by atoms with Gasteiger partial charge in [0.15, 0.2) is 0 Å². The van der Waals surface area contributed by atoms with Crippen LogP contribution in [-0.2, 0) is 27.9 Å². The summed E-state index contributed by atoms with van der Waals surface area (Å²) < 4.78 is 2.98. The van der Waals surface area contributed by atoms with Crippen molar-refractivity contribution in [3.05, 3.63) is 34.2 Å². The number of fused-ring (bicyclic) bond motifs is 1. The van der Waals surface area contributed by atoms with Crippen molar-refractivity contribution in [3.8, 4) is 0 Å². The van der Waals surface area contributed by atoms with Crippen molar-refractivity contribution in [1.29, 1.82) is 0 Å². The van der Waals surface area contributed by atoms with Gasteiger partial charge in [-0.2, -0.15) is 0 Å². The van der Waals surface area contributed by atoms with Gasteiger partial charge in [-0.05, 0) is 30.9 Å². The minimum atomic E-state index is -0.685. The highest BCUT2D eigenvalue weighted by molar-refractivity contribution is 6.00. The molecule has 0 spiro atoms. The normalized spacial score (nSPS) is 18.2. The monoisotopic (exact) mass is 333 g/mol. The number of aromatic nitrogens is 2. The van der Waals surface area contributed by atoms with Gasteiger partial charge in [0.05, 0.1) is 17.6 Å². The van der Waals surface area contributed by atoms with Crippen LogP contribution in [0.25, 0.3) is 11.0 Å². The largest absolute Gasteiger partial charge is 0.329 e. The van der Waals surface area contributed by atoms with Crippen molar-refractivity contribution in [3.63, 3.8) is 0 Å². The van der Waals surface area contributed by atoms with Crippen LogP contribution in [0, 0.1) is 0 Å². The van der Waals surface area contributed by atoms with Crippen LogP contribution in [0.5, 0.6) is 0 Å². The molecule has 3 rings (SSSR count). The van der Waals surface area contributed by atoms with Crippen molar-refractivity contribution in [2.24, 2.45) is 7.05 Å². The summed E-state index contributed by atoms with van der Waals surface area (Å²) in [4.78, 5) is 40.3. The van der Waals surface area contributed by atoms with Crippen LogP contribution >= 0.6 is 0 Å². The molecule has 8 nitrogen and oxygen atoms in total. The van der Waals surface area contributed by atoms with Gasteiger partial charge in [-0.3, -0.25) is 29.3 Å². The van der Waals surface area contributed by atoms with Gasteiger partial charge in [0.1, 0.15) is 6.04 Å². The molecule has 2 heterocycles. The van der Waals surface area contributed by atoms with Gasteiger partial charge in [-0.1, -0.05) is 12.1 Å². The Balaban J connectivity index is 2.08. The number of imidazole rings is 1. The molecule has 128 valence electrons. The summed E-state index contributed by atoms with van der Waals surface area (Å²) in [5.74, 6) is -0.755. The van der Waals surface area contributed by atoms with Crippen molar-refractivity contribution >= 4 is 22.8 Å². The van der Waals surface area contributed by atoms with E-state index >= 15 is 0 Å². The molecule has 0 aliphatic carbocycles. The quantitative estimate of drug-likeness (QED) is 0.364. The maximum absolute atomic E-state index is 12.7. The first-order chi connectivity index (χ1) is 11.5. The molecule has 1 fully saturated rings. The predicted octanol–water partition coefficient (Wildman–Crippen LogP) is 0.740. The number of nitrogens with zero attached hydrogens (tertiary/aromatic N) is 2. The molecule has 1 saturated heterocycles. The van der Waals surface area contributed by atoms with Crippen molar-refractivity contribution in [2.45, 2.75) is 31.7 Å². The van der Waals surface area contributed by atoms with Gasteiger partial charge in [0.25, 0.3) is 0 Å². The first kappa shape index (κ1) is 16.4. The van der Waals surface area contributed by atoms with Gasteiger partial charge in [0, 0.05) is 13.5 Å². The van der Waals surface area contributed by atoms with E-state index in [9.17, 15) is 14.4 Å². The maximum Gasteiger partial charge on any atom is 0.329 e. The molecule has 2 amide bonds. The summed E-state index contributed by atoms with van der Waals surface area (Å²) in [6.07, 6.45) is 1.76. The van der Waals surface area contributed by atoms with Crippen molar-refractivity contribution in [2.75, 3.05) is 6.61 Å². The van der Waals surface area contributed by atoms with Crippen LogP contribution in [0.1, 0.15) is 30.9 Å². The number of rotatable bonds is 5. The minimum absolute atomic E-state index is 0.207. The van der Waals surface area contributed by atoms with E-state index in [1.54, 1.807) is 13.1 Å². The molecule has 1 atom stereocenters. The van der Waals surface area contributed by atoms with Gasteiger partial charge < -0.3 is 0 Å². The number of para-hydroxylation sites is 1. The minimum Gasteiger partial charge on any atom is -0.295 e. The Labute approximate surface area is 137 Å². The molecule has 0 saturated carbocycles. The van der Waals surface area contributed by atoms with E-state index in [0.29, 0.717) is 24.8 Å². The third kappa shape index (κ3) is 2.74. The van der Waals surface area contributed by atoms with E-state index in [1.807, 2.05) is 12.1 Å². The highest BCUT2D eigenvalue weighted by Crippen LogP contribution is 2.25. The van der Waals surface area contributed by atoms with Crippen LogP contribution in [0.3, 0.4) is 0 Å². The SMILES string of the molecule is Cn1c(=O)n(C2CCC(=O)NC2=O)c2cccc(CCCOO)c21. The Hall–Kier alpha value is -2.45. The van der Waals surface area contributed by atoms with Crippen LogP contribution in [0.2, 0.25) is 0 Å². The second-order valence-electron chi connectivity index (χ2n) is 5.90. The average Bonchev–Trinajstić information content (AvgIpc) is 2.81. The molecule has 1 aliphatic heterocycles. The van der Waals surface area contributed by atoms with E-state index in [2.05, 4.69) is 10.2 Å². The summed E-state index contributed by atoms with van der Waals surface area (Å²) in [5, 5.41) is 10.7. The molecule has 1 aromatic heterocycles. The van der Waals surface area contributed by atoms with E-state index in [-0.39, 0.29) is 24.6 Å². The Kier molecular flexibility index (Phi) is 4.50. The van der Waals surface area contributed by atoms with Crippen LogP contribution < -0.4 is 11.0 Å². The number of hydrogen-bond acceptors (Lipinski definition) is 5. The first-order valence-electron chi connectivity index (χ1n) is 7.83. The summed E-state index contributed by atoms with van der Waals surface area (Å²) in [6, 6.07) is 4.86. The second kappa shape index (κ2) is 6.58. The lowest BCUT2D eigenvalue weighted by Gasteiger charge is -2.21. The number of aryl methyl sites for hydroxylation is 2. The summed E-state index contributed by atoms with van der Waals surface area (Å²) in [5.41, 5.74) is 2.07. The number of nitrogens with one attached hydrogen (secondary N) is 1. The van der Waals surface area contributed by atoms with Crippen LogP contribution in [0.4, 0.5) is 0 Å². The lowest BCUT2D eigenvalue weighted by atomic mass is 10.0. The molecule has 2 aromatic rings. The van der Waals surface area contributed by atoms with Crippen molar-refractivity contribution < 1.29 is 19.7 Å². The molecule has 1 unspecified atom stereocenters. The lowest BCUT2D eigenvalue weighted by molar-refractivity contribution is -0.242. The van der Waals surface area contributed by atoms with E-state index in [0.717, 1.165) is 11.1 Å². The molecular weight excluding hydrogens is 314 g/mol. The zero-order chi connectivity index (χ0) is 17.3. The maximum atomic E-state index is 12.7. The van der Waals surface area contributed by atoms with E-state index < -0.39 is 11.9 Å². The zero-order valence-electron chi connectivity index (χ0n) is 13.3. The molecule has 24 heavy (non-hydrogen) atoms. The molecule has 8 heteroatoms. The Morgan fingerprint density at radius 2 is 2.12 bits per heavy atom. The molecule has 0 radical (unpaired) electrons. The standard InChI is InChI=1S/C16H19N3O5/c1-18-14-10(5-3-9-24-23)4-2-6-11(14)19(16(18)22)12-7-8-13(20)17-15(12)21/h2,4,6,12,23H,3,5,7-9H2,1H3,(H,17,20,21). The number of imide groups is 1. The van der Waals surface area contributed by atoms with Crippen molar-refractivity contribution in [1.82, 2.24) is 14.5 Å². The van der Waals surface area contributed by atoms with Crippen LogP contribution in [-0.4, -0.2) is 32.8 Å². The number of carbonyl (C=O) groups excluding carboxylic acids is 2. The smallest absolute Gasteiger partial charge is 0.295 e. The van der Waals surface area contributed by atoms with Crippen LogP contribution in [0.15, 0.2) is 23.0 Å². The Morgan fingerprint density at radius 3 is 2.83 bits per heavy atom. The Morgan fingerprint density at radius 1 is 1.33 bits per heavy atom. The summed E-state index contributed by atoms with van der Waals surface area (Å²) >= 11 is 0. The number of piperidine rings is 1. The van der Waals surface area contributed by atoms with Gasteiger partial charge in [-0.15, -0.1) is 0 Å². The molecule has 1 aromatic carbocycles. The number of carbonyl (C=O) groups is 2. The summed E-state index contributed by atoms with van der Waals surface area (Å²) in [7, 11) is 1.67. The van der Waals surface area contributed by atoms with Gasteiger partial charge in [0.2, 0.25) is 11.8 Å². The lowest BCUT2D eigenvalue weighted by Crippen LogP contribution is -2.44. The number of amides is 2. The predicted molar refractivity (Wildman–Crippen MR) is 85.5 cm³/mol. The van der Waals surface area contributed by atoms with Gasteiger partial charge in [-0.25, -0.2) is 9.68 Å². The van der Waals surface area contributed by atoms with E-state index in [1.165, 1.54) is 9.13 Å². The highest BCUT2D eigenvalue weighted by atomic mass is 17.1. The fraction of sp³-hybridized carbons (Fsp3) is 0.438. The number of benzene rings is 1. The first-order valence-corrected chi connectivity index (χ1v) is 7.83. The second-order valence-corrected chi connectivity index (χ2v) is 5.90. The Bertz CT molecular complexity index is 851. The molecule has 2 N–H and O–H groups in total. The molecular formula is C16H19N3O5. The zero-order valence-corrected chi connectivity index (χ0v) is 13.3. The van der Waals surface area contributed by atoms with Gasteiger partial charge >= 0.3 is 5.69 Å². The fourth-order valence-electron chi connectivity index (χ4n) is 3.28. The molecule has 1 aliphatic rings. The third-order valence-electron chi connectivity index (χ3n) is 4.39. The molecule has 0 bridgehead atoms. The number of hydrogen-bond donors (Lipinski definition) is 2. The highest BCUT2D eigenvalue weighted by Gasteiger charge is 2.31. The topological polar surface area (TPSA) is 103 Å². The average molecular weight is 333 g/mol. The summed E-state index contributed by atoms with van der Waals surface area (Å²) in [6.45, 7) is 0.207. The van der Waals surface area contributed by atoms with E-state index in [4.69, 9.17) is 5.26 Å². The fourth-order valence-corrected chi connectivity index (χ4v) is 3.28.